The zero-order valence-electron chi connectivity index (χ0n) is 7.21. The van der Waals surface area contributed by atoms with Gasteiger partial charge in [0.1, 0.15) is 0 Å². The van der Waals surface area contributed by atoms with Gasteiger partial charge in [-0.25, -0.2) is 19.2 Å². The third-order valence-electron chi connectivity index (χ3n) is 0. The van der Waals surface area contributed by atoms with E-state index in [0.29, 0.717) is 0 Å². The first-order valence-electron chi connectivity index (χ1n) is 2.61. The van der Waals surface area contributed by atoms with Crippen LogP contribution in [0.4, 0.5) is 19.2 Å². The molecule has 0 aromatic rings. The summed E-state index contributed by atoms with van der Waals surface area (Å²) in [5.41, 5.74) is 0. The Morgan fingerprint density at radius 2 is 0.368 bits per heavy atom. The first-order valence-corrected chi connectivity index (χ1v) is 2.61. The fourth-order valence-corrected chi connectivity index (χ4v) is 0. The maximum atomic E-state index is 8.56. The molecule has 0 heterocycles. The van der Waals surface area contributed by atoms with E-state index < -0.39 is 24.6 Å². The van der Waals surface area contributed by atoms with Crippen LogP contribution in [0.3, 0.4) is 0 Å². The van der Waals surface area contributed by atoms with Crippen LogP contribution in [0.5, 0.6) is 0 Å². The molecule has 12 nitrogen and oxygen atoms in total. The molecule has 108 valence electrons. The Bertz CT molecular complexity index is 165. The molecule has 0 radical (unpaired) electrons. The van der Waals surface area contributed by atoms with Gasteiger partial charge in [0, 0.05) is 0 Å². The van der Waals surface area contributed by atoms with Gasteiger partial charge in [0.25, 0.3) is 0 Å². The molecule has 0 aliphatic heterocycles. The van der Waals surface area contributed by atoms with Crippen molar-refractivity contribution in [2.24, 2.45) is 0 Å². The van der Waals surface area contributed by atoms with Crippen molar-refractivity contribution in [2.45, 2.75) is 0 Å². The van der Waals surface area contributed by atoms with Crippen molar-refractivity contribution >= 4 is 138 Å². The number of hydrogen-bond donors (Lipinski definition) is 8. The molecule has 0 rings (SSSR count). The minimum absolute atomic E-state index is 0. The zero-order chi connectivity index (χ0) is 14.3. The summed E-state index contributed by atoms with van der Waals surface area (Å²) in [5.74, 6) is 0. The third-order valence-corrected chi connectivity index (χ3v) is 0. The summed E-state index contributed by atoms with van der Waals surface area (Å²) >= 11 is 0. The Morgan fingerprint density at radius 3 is 0.368 bits per heavy atom. The van der Waals surface area contributed by atoms with E-state index in [0.717, 1.165) is 0 Å². The SMILES string of the molecule is O=C(O)O.O=C(O)O.O=C(O)O.O=C(O)O.[CaH2].[CaH2].[CaH2]. The quantitative estimate of drug-likeness (QED) is 0.218. The summed E-state index contributed by atoms with van der Waals surface area (Å²) in [6.45, 7) is 0. The van der Waals surface area contributed by atoms with Crippen molar-refractivity contribution < 1.29 is 60.0 Å². The standard InChI is InChI=1S/4CH2O3.3Ca.6H/c4*2-1(3)4;;;;;;;;;/h4*(H2,2,3,4);;;;;;;;;. The normalized spacial score (nSPS) is 5.05. The van der Waals surface area contributed by atoms with E-state index in [4.69, 9.17) is 60.0 Å². The average molecular weight is 374 g/mol. The summed E-state index contributed by atoms with van der Waals surface area (Å²) in [6.07, 6.45) is -7.33. The number of rotatable bonds is 0. The van der Waals surface area contributed by atoms with Gasteiger partial charge in [0.15, 0.2) is 0 Å². The van der Waals surface area contributed by atoms with Crippen LogP contribution in [0.15, 0.2) is 0 Å². The molecular weight excluding hydrogens is 360 g/mol. The van der Waals surface area contributed by atoms with Crippen LogP contribution < -0.4 is 0 Å². The van der Waals surface area contributed by atoms with Crippen molar-refractivity contribution in [1.82, 2.24) is 0 Å². The van der Waals surface area contributed by atoms with Gasteiger partial charge in [0.2, 0.25) is 0 Å². The molecule has 0 aromatic carbocycles. The predicted molar refractivity (Wildman–Crippen MR) is 68.2 cm³/mol. The summed E-state index contributed by atoms with van der Waals surface area (Å²) in [4.78, 5) is 34.2. The summed E-state index contributed by atoms with van der Waals surface area (Å²) in [6, 6.07) is 0. The molecule has 0 fully saturated rings. The Balaban J connectivity index is -0.0000000192. The molecule has 0 spiro atoms. The van der Waals surface area contributed by atoms with Crippen molar-refractivity contribution in [3.8, 4) is 0 Å². The summed E-state index contributed by atoms with van der Waals surface area (Å²) in [7, 11) is 0. The molecule has 0 bridgehead atoms. The van der Waals surface area contributed by atoms with E-state index in [1.54, 1.807) is 0 Å². The average Bonchev–Trinajstić information content (AvgIpc) is 1.76. The molecule has 0 saturated heterocycles. The molecule has 0 atom stereocenters. The van der Waals surface area contributed by atoms with Gasteiger partial charge in [-0.2, -0.15) is 0 Å². The first kappa shape index (κ1) is 42.7. The second-order valence-corrected chi connectivity index (χ2v) is 1.13. The van der Waals surface area contributed by atoms with Crippen molar-refractivity contribution in [3.05, 3.63) is 0 Å². The van der Waals surface area contributed by atoms with Crippen LogP contribution in [0.2, 0.25) is 0 Å². The van der Waals surface area contributed by atoms with Gasteiger partial charge in [-0.05, 0) is 0 Å². The monoisotopic (exact) mass is 374 g/mol. The molecule has 0 unspecified atom stereocenters. The topological polar surface area (TPSA) is 230 Å². The van der Waals surface area contributed by atoms with E-state index in [2.05, 4.69) is 0 Å². The molecule has 15 heteroatoms. The van der Waals surface area contributed by atoms with Gasteiger partial charge < -0.3 is 40.9 Å². The van der Waals surface area contributed by atoms with Crippen LogP contribution in [0, 0.1) is 0 Å². The first-order chi connectivity index (χ1) is 6.93. The number of carboxylic acid groups (broad SMARTS) is 8. The molecule has 0 amide bonds. The second kappa shape index (κ2) is 36.4. The second-order valence-electron chi connectivity index (χ2n) is 1.13. The van der Waals surface area contributed by atoms with Crippen LogP contribution >= 0.6 is 0 Å². The molecule has 0 saturated carbocycles. The number of hydrogen-bond acceptors (Lipinski definition) is 4. The Morgan fingerprint density at radius 1 is 0.368 bits per heavy atom. The van der Waals surface area contributed by atoms with Crippen molar-refractivity contribution in [1.29, 1.82) is 0 Å². The summed E-state index contributed by atoms with van der Waals surface area (Å²) < 4.78 is 0. The molecule has 0 aliphatic carbocycles. The van der Waals surface area contributed by atoms with Gasteiger partial charge in [-0.1, -0.05) is 0 Å². The maximum absolute atomic E-state index is 8.56. The van der Waals surface area contributed by atoms with E-state index in [-0.39, 0.29) is 113 Å². The zero-order valence-corrected chi connectivity index (χ0v) is 7.21. The van der Waals surface area contributed by atoms with E-state index in [1.165, 1.54) is 0 Å². The van der Waals surface area contributed by atoms with Gasteiger partial charge in [-0.15, -0.1) is 0 Å². The van der Waals surface area contributed by atoms with Crippen molar-refractivity contribution in [2.75, 3.05) is 0 Å². The van der Waals surface area contributed by atoms with Crippen LogP contribution in [0.1, 0.15) is 0 Å². The van der Waals surface area contributed by atoms with Crippen LogP contribution in [0.25, 0.3) is 0 Å². The number of carbonyl (C=O) groups is 4. The predicted octanol–water partition coefficient (Wildman–Crippen LogP) is -1.86. The third kappa shape index (κ3) is 7260. The van der Waals surface area contributed by atoms with Gasteiger partial charge >= 0.3 is 138 Å². The van der Waals surface area contributed by atoms with E-state index in [9.17, 15) is 0 Å². The minimum atomic E-state index is -1.83. The van der Waals surface area contributed by atoms with Crippen molar-refractivity contribution in [3.63, 3.8) is 0 Å². The van der Waals surface area contributed by atoms with E-state index in [1.807, 2.05) is 0 Å². The summed E-state index contributed by atoms with van der Waals surface area (Å²) in [5, 5.41) is 55.8. The Labute approximate surface area is 194 Å². The molecule has 0 aliphatic rings. The molecular formula is C4H14Ca3O12. The van der Waals surface area contributed by atoms with Crippen LogP contribution in [-0.4, -0.2) is 179 Å². The Kier molecular flexibility index (Phi) is 81.8. The van der Waals surface area contributed by atoms with Gasteiger partial charge in [-0.3, -0.25) is 0 Å². The van der Waals surface area contributed by atoms with E-state index >= 15 is 0 Å². The molecule has 19 heavy (non-hydrogen) atoms. The van der Waals surface area contributed by atoms with Gasteiger partial charge in [0.05, 0.1) is 0 Å². The Hall–Kier alpha value is 0.859. The van der Waals surface area contributed by atoms with Crippen LogP contribution in [-0.2, 0) is 0 Å². The fourth-order valence-electron chi connectivity index (χ4n) is 0. The molecule has 0 aromatic heterocycles. The fraction of sp³-hybridized carbons (Fsp3) is 0. The molecule has 8 N–H and O–H groups in total.